The fourth-order valence-electron chi connectivity index (χ4n) is 3.95. The summed E-state index contributed by atoms with van der Waals surface area (Å²) in [6.07, 6.45) is 4.68. The number of carbonyl (C=O) groups is 1. The highest BCUT2D eigenvalue weighted by atomic mass is 16.3. The lowest BCUT2D eigenvalue weighted by atomic mass is 9.90. The molecule has 2 fully saturated rings. The molecule has 22 heavy (non-hydrogen) atoms. The van der Waals surface area contributed by atoms with E-state index in [0.29, 0.717) is 17.2 Å². The molecule has 1 aromatic rings. The number of aromatic hydroxyl groups is 2. The molecule has 1 amide bonds. The molecular weight excluding hydrogens is 280 g/mol. The molecule has 0 aromatic heterocycles. The summed E-state index contributed by atoms with van der Waals surface area (Å²) in [5.41, 5.74) is 3.81. The average molecular weight is 302 g/mol. The van der Waals surface area contributed by atoms with Gasteiger partial charge in [-0.15, -0.1) is 0 Å². The maximum Gasteiger partial charge on any atom is 0.244 e. The lowest BCUT2D eigenvalue weighted by Crippen LogP contribution is -2.23. The number of benzene rings is 1. The van der Waals surface area contributed by atoms with E-state index in [2.05, 4.69) is 17.5 Å². The number of hydrogen-bond acceptors (Lipinski definition) is 4. The summed E-state index contributed by atoms with van der Waals surface area (Å²) >= 11 is 0. The molecule has 118 valence electrons. The van der Waals surface area contributed by atoms with E-state index in [1.54, 1.807) is 13.0 Å². The van der Waals surface area contributed by atoms with Gasteiger partial charge in [-0.25, -0.2) is 5.43 Å². The van der Waals surface area contributed by atoms with Gasteiger partial charge in [-0.05, 0) is 43.2 Å². The van der Waals surface area contributed by atoms with Gasteiger partial charge in [-0.3, -0.25) is 4.79 Å². The van der Waals surface area contributed by atoms with Gasteiger partial charge < -0.3 is 10.2 Å². The van der Waals surface area contributed by atoms with E-state index in [1.165, 1.54) is 25.0 Å². The number of nitrogens with one attached hydrogen (secondary N) is 1. The predicted molar refractivity (Wildman–Crippen MR) is 83.7 cm³/mol. The van der Waals surface area contributed by atoms with Crippen LogP contribution in [0.2, 0.25) is 0 Å². The highest BCUT2D eigenvalue weighted by molar-refractivity contribution is 6.01. The Hall–Kier alpha value is -2.04. The molecular formula is C17H22N2O3. The Morgan fingerprint density at radius 3 is 2.77 bits per heavy atom. The number of nitrogens with zero attached hydrogens (tertiary/aromatic N) is 1. The van der Waals surface area contributed by atoms with Crippen LogP contribution in [0.3, 0.4) is 0 Å². The third-order valence-corrected chi connectivity index (χ3v) is 5.32. The molecule has 0 saturated heterocycles. The molecule has 5 heteroatoms. The van der Waals surface area contributed by atoms with Gasteiger partial charge in [0.05, 0.1) is 5.71 Å². The van der Waals surface area contributed by atoms with Crippen molar-refractivity contribution in [3.63, 3.8) is 0 Å². The molecule has 0 aliphatic heterocycles. The lowest BCUT2D eigenvalue weighted by molar-refractivity contribution is -0.123. The van der Waals surface area contributed by atoms with E-state index in [1.807, 2.05) is 0 Å². The molecule has 0 spiro atoms. The monoisotopic (exact) mass is 302 g/mol. The van der Waals surface area contributed by atoms with Crippen molar-refractivity contribution in [2.45, 2.75) is 39.5 Å². The number of amides is 1. The number of phenols is 2. The molecule has 3 N–H and O–H groups in total. The van der Waals surface area contributed by atoms with Crippen LogP contribution in [-0.2, 0) is 4.79 Å². The molecule has 1 aromatic carbocycles. The third-order valence-electron chi connectivity index (χ3n) is 5.32. The minimum Gasteiger partial charge on any atom is -0.508 e. The number of rotatable bonds is 3. The predicted octanol–water partition coefficient (Wildman–Crippen LogP) is 2.76. The maximum absolute atomic E-state index is 12.3. The van der Waals surface area contributed by atoms with Crippen LogP contribution in [0.4, 0.5) is 0 Å². The van der Waals surface area contributed by atoms with Gasteiger partial charge in [0.1, 0.15) is 11.5 Å². The Morgan fingerprint density at radius 1 is 1.36 bits per heavy atom. The minimum absolute atomic E-state index is 0.00642. The first kappa shape index (κ1) is 14.9. The van der Waals surface area contributed by atoms with Crippen LogP contribution < -0.4 is 5.43 Å². The fourth-order valence-corrected chi connectivity index (χ4v) is 3.95. The standard InChI is InChI=1S/C17H22N2O3/c1-10(12-7-6-11(20)9-14(12)21)18-19-16(22)15-13-5-3-4-8-17(13,15)2/h6-7,9,13,15,20-21H,3-5,8H2,1-2H3,(H,19,22)/b18-10-/t13-,15+,17+/m1/s1. The number of hydrogen-bond donors (Lipinski definition) is 3. The zero-order valence-electron chi connectivity index (χ0n) is 13.0. The topological polar surface area (TPSA) is 81.9 Å². The van der Waals surface area contributed by atoms with Crippen molar-refractivity contribution in [3.05, 3.63) is 23.8 Å². The molecule has 0 heterocycles. The maximum atomic E-state index is 12.3. The second kappa shape index (κ2) is 5.30. The van der Waals surface area contributed by atoms with Crippen molar-refractivity contribution >= 4 is 11.6 Å². The van der Waals surface area contributed by atoms with Crippen molar-refractivity contribution in [3.8, 4) is 11.5 Å². The van der Waals surface area contributed by atoms with Gasteiger partial charge in [-0.1, -0.05) is 19.8 Å². The summed E-state index contributed by atoms with van der Waals surface area (Å²) in [4.78, 5) is 12.3. The van der Waals surface area contributed by atoms with Gasteiger partial charge in [0.15, 0.2) is 0 Å². The third kappa shape index (κ3) is 2.45. The molecule has 2 saturated carbocycles. The van der Waals surface area contributed by atoms with Crippen molar-refractivity contribution in [2.75, 3.05) is 0 Å². The van der Waals surface area contributed by atoms with E-state index in [0.717, 1.165) is 12.8 Å². The Bertz CT molecular complexity index is 641. The van der Waals surface area contributed by atoms with E-state index < -0.39 is 0 Å². The summed E-state index contributed by atoms with van der Waals surface area (Å²) in [6.45, 7) is 3.91. The van der Waals surface area contributed by atoms with Crippen molar-refractivity contribution in [2.24, 2.45) is 22.4 Å². The number of hydrazone groups is 1. The Labute approximate surface area is 130 Å². The van der Waals surface area contributed by atoms with Crippen LogP contribution in [0.25, 0.3) is 0 Å². The lowest BCUT2D eigenvalue weighted by Gasteiger charge is -2.15. The highest BCUT2D eigenvalue weighted by Crippen LogP contribution is 2.66. The molecule has 3 rings (SSSR count). The molecule has 2 aliphatic rings. The molecule has 0 unspecified atom stereocenters. The van der Waals surface area contributed by atoms with Crippen LogP contribution in [0.5, 0.6) is 11.5 Å². The fraction of sp³-hybridized carbons (Fsp3) is 0.529. The van der Waals surface area contributed by atoms with Crippen LogP contribution in [-0.4, -0.2) is 21.8 Å². The normalized spacial score (nSPS) is 30.5. The van der Waals surface area contributed by atoms with Gasteiger partial charge >= 0.3 is 0 Å². The van der Waals surface area contributed by atoms with Crippen LogP contribution >= 0.6 is 0 Å². The summed E-state index contributed by atoms with van der Waals surface area (Å²) in [5.74, 6) is 0.487. The van der Waals surface area contributed by atoms with E-state index >= 15 is 0 Å². The number of fused-ring (bicyclic) bond motifs is 1. The minimum atomic E-state index is -0.0532. The largest absolute Gasteiger partial charge is 0.508 e. The average Bonchev–Trinajstić information content (AvgIpc) is 3.10. The molecule has 0 radical (unpaired) electrons. The Kier molecular flexibility index (Phi) is 3.59. The van der Waals surface area contributed by atoms with E-state index in [-0.39, 0.29) is 28.7 Å². The van der Waals surface area contributed by atoms with Gasteiger partial charge in [0.25, 0.3) is 0 Å². The SMILES string of the molecule is C/C(=N/NC(=O)[C@@H]1[C@H]2CCCC[C@@]21C)c1ccc(O)cc1O. The number of carbonyl (C=O) groups excluding carboxylic acids is 1. The molecule has 2 aliphatic carbocycles. The van der Waals surface area contributed by atoms with Crippen molar-refractivity contribution in [1.29, 1.82) is 0 Å². The van der Waals surface area contributed by atoms with Crippen LogP contribution in [0.15, 0.2) is 23.3 Å². The zero-order chi connectivity index (χ0) is 15.9. The zero-order valence-corrected chi connectivity index (χ0v) is 13.0. The molecule has 5 nitrogen and oxygen atoms in total. The smallest absolute Gasteiger partial charge is 0.244 e. The summed E-state index contributed by atoms with van der Waals surface area (Å²) in [6, 6.07) is 4.31. The Balaban J connectivity index is 1.67. The van der Waals surface area contributed by atoms with Crippen molar-refractivity contribution < 1.29 is 15.0 Å². The van der Waals surface area contributed by atoms with Crippen LogP contribution in [0.1, 0.15) is 45.1 Å². The first-order valence-electron chi connectivity index (χ1n) is 7.80. The van der Waals surface area contributed by atoms with Crippen molar-refractivity contribution in [1.82, 2.24) is 5.43 Å². The quantitative estimate of drug-likeness (QED) is 0.593. The van der Waals surface area contributed by atoms with Crippen LogP contribution in [0, 0.1) is 17.3 Å². The summed E-state index contributed by atoms with van der Waals surface area (Å²) in [7, 11) is 0. The Morgan fingerprint density at radius 2 is 2.14 bits per heavy atom. The second-order valence-corrected chi connectivity index (χ2v) is 6.71. The summed E-state index contributed by atoms with van der Waals surface area (Å²) in [5, 5.41) is 23.2. The van der Waals surface area contributed by atoms with E-state index in [9.17, 15) is 15.0 Å². The first-order chi connectivity index (χ1) is 10.4. The molecule has 3 atom stereocenters. The highest BCUT2D eigenvalue weighted by Gasteiger charge is 2.64. The molecule has 0 bridgehead atoms. The van der Waals surface area contributed by atoms with Gasteiger partial charge in [-0.2, -0.15) is 5.10 Å². The first-order valence-corrected chi connectivity index (χ1v) is 7.80. The van der Waals surface area contributed by atoms with E-state index in [4.69, 9.17) is 0 Å². The second-order valence-electron chi connectivity index (χ2n) is 6.71. The van der Waals surface area contributed by atoms with Gasteiger partial charge in [0.2, 0.25) is 5.91 Å². The number of phenolic OH excluding ortho intramolecular Hbond substituents is 2. The summed E-state index contributed by atoms with van der Waals surface area (Å²) < 4.78 is 0. The van der Waals surface area contributed by atoms with Gasteiger partial charge in [0, 0.05) is 17.5 Å².